The number of carboxylic acids is 1. The Balaban J connectivity index is 3.12. The topological polar surface area (TPSA) is 121 Å². The van der Waals surface area contributed by atoms with Gasteiger partial charge in [0.2, 0.25) is 20.0 Å². The first-order valence-electron chi connectivity index (χ1n) is 7.29. The first kappa shape index (κ1) is 21.3. The average Bonchev–Trinajstić information content (AvgIpc) is 2.48. The van der Waals surface area contributed by atoms with Gasteiger partial charge in [0.15, 0.2) is 0 Å². The third-order valence-electron chi connectivity index (χ3n) is 3.47. The van der Waals surface area contributed by atoms with Gasteiger partial charge in [-0.2, -0.15) is 0 Å². The molecule has 0 saturated heterocycles. The van der Waals surface area contributed by atoms with Crippen molar-refractivity contribution < 1.29 is 31.1 Å². The molecule has 0 aliphatic carbocycles. The van der Waals surface area contributed by atoms with Crippen LogP contribution < -0.4 is 4.72 Å². The van der Waals surface area contributed by atoms with Crippen LogP contribution in [0.2, 0.25) is 0 Å². The van der Waals surface area contributed by atoms with Gasteiger partial charge in [-0.15, -0.1) is 0 Å². The lowest BCUT2D eigenvalue weighted by Gasteiger charge is -2.19. The molecule has 0 aliphatic rings. The highest BCUT2D eigenvalue weighted by Gasteiger charge is 2.26. The third-order valence-corrected chi connectivity index (χ3v) is 7.04. The summed E-state index contributed by atoms with van der Waals surface area (Å²) in [6, 6.07) is 2.75. The number of benzene rings is 1. The van der Waals surface area contributed by atoms with Crippen molar-refractivity contribution in [2.75, 3.05) is 18.3 Å². The molecule has 0 radical (unpaired) electrons. The van der Waals surface area contributed by atoms with E-state index < -0.39 is 47.9 Å². The Morgan fingerprint density at radius 3 is 2.24 bits per heavy atom. The number of halogens is 1. The van der Waals surface area contributed by atoms with E-state index in [1.165, 1.54) is 27.8 Å². The number of carboxylic acid groups (broad SMARTS) is 1. The number of nitrogens with zero attached hydrogens (tertiary/aromatic N) is 1. The fourth-order valence-corrected chi connectivity index (χ4v) is 3.73. The van der Waals surface area contributed by atoms with Crippen LogP contribution in [0.1, 0.15) is 20.8 Å². The summed E-state index contributed by atoms with van der Waals surface area (Å²) in [5.74, 6) is -3.15. The molecule has 1 atom stereocenters. The van der Waals surface area contributed by atoms with Crippen LogP contribution in [0.15, 0.2) is 23.1 Å². The molecule has 0 heterocycles. The maximum absolute atomic E-state index is 14.1. The number of carbonyl (C=O) groups is 1. The largest absolute Gasteiger partial charge is 0.481 e. The summed E-state index contributed by atoms with van der Waals surface area (Å²) >= 11 is 0. The first-order valence-corrected chi connectivity index (χ1v) is 10.3. The Bertz CT molecular complexity index is 852. The second kappa shape index (κ2) is 7.67. The molecule has 0 spiro atoms. The van der Waals surface area contributed by atoms with E-state index in [1.807, 2.05) is 0 Å². The maximum atomic E-state index is 14.1. The van der Waals surface area contributed by atoms with Crippen LogP contribution in [0.25, 0.3) is 0 Å². The van der Waals surface area contributed by atoms with Crippen LogP contribution in [0.4, 0.5) is 10.1 Å². The van der Waals surface area contributed by atoms with Crippen LogP contribution >= 0.6 is 0 Å². The number of sulfonamides is 2. The lowest BCUT2D eigenvalue weighted by molar-refractivity contribution is -0.141. The van der Waals surface area contributed by atoms with Crippen molar-refractivity contribution in [2.45, 2.75) is 30.9 Å². The molecule has 2 N–H and O–H groups in total. The van der Waals surface area contributed by atoms with Crippen LogP contribution in [-0.2, 0) is 24.8 Å². The van der Waals surface area contributed by atoms with Crippen molar-refractivity contribution in [1.29, 1.82) is 0 Å². The van der Waals surface area contributed by atoms with E-state index in [4.69, 9.17) is 5.11 Å². The van der Waals surface area contributed by atoms with E-state index in [0.717, 1.165) is 16.4 Å². The van der Waals surface area contributed by atoms with Gasteiger partial charge in [0.05, 0.1) is 21.8 Å². The van der Waals surface area contributed by atoms with Crippen molar-refractivity contribution in [3.05, 3.63) is 24.0 Å². The summed E-state index contributed by atoms with van der Waals surface area (Å²) in [6.45, 7) is 3.88. The average molecular weight is 396 g/mol. The molecule has 0 aliphatic heterocycles. The van der Waals surface area contributed by atoms with E-state index in [9.17, 15) is 26.0 Å². The van der Waals surface area contributed by atoms with Crippen molar-refractivity contribution in [1.82, 2.24) is 4.31 Å². The summed E-state index contributed by atoms with van der Waals surface area (Å²) in [7, 11) is -6.71. The Hall–Kier alpha value is -1.72. The van der Waals surface area contributed by atoms with Gasteiger partial charge in [-0.05, 0) is 32.0 Å². The van der Waals surface area contributed by atoms with E-state index in [-0.39, 0.29) is 12.2 Å². The first-order chi connectivity index (χ1) is 11.3. The van der Waals surface area contributed by atoms with Crippen LogP contribution in [0.5, 0.6) is 0 Å². The zero-order valence-corrected chi connectivity index (χ0v) is 15.9. The van der Waals surface area contributed by atoms with Gasteiger partial charge in [-0.3, -0.25) is 9.52 Å². The molecule has 1 aromatic rings. The molecule has 0 aromatic heterocycles. The minimum Gasteiger partial charge on any atom is -0.481 e. The minimum absolute atomic E-state index is 0.291. The number of rotatable bonds is 8. The molecular formula is C14H21FN2O6S2. The highest BCUT2D eigenvalue weighted by molar-refractivity contribution is 7.93. The number of aliphatic carboxylic acids is 1. The van der Waals surface area contributed by atoms with E-state index in [1.54, 1.807) is 0 Å². The predicted octanol–water partition coefficient (Wildman–Crippen LogP) is 1.32. The predicted molar refractivity (Wildman–Crippen MR) is 90.7 cm³/mol. The second-order valence-corrected chi connectivity index (χ2v) is 10.1. The molecule has 1 unspecified atom stereocenters. The summed E-state index contributed by atoms with van der Waals surface area (Å²) in [5, 5.41) is 8.06. The molecule has 11 heteroatoms. The van der Waals surface area contributed by atoms with Gasteiger partial charge in [-0.25, -0.2) is 25.5 Å². The molecule has 0 amide bonds. The zero-order valence-electron chi connectivity index (χ0n) is 14.2. The van der Waals surface area contributed by atoms with Gasteiger partial charge in [0.25, 0.3) is 0 Å². The van der Waals surface area contributed by atoms with Gasteiger partial charge >= 0.3 is 5.97 Å². The molecule has 142 valence electrons. The normalized spacial score (nSPS) is 13.9. The van der Waals surface area contributed by atoms with E-state index in [2.05, 4.69) is 4.72 Å². The molecule has 0 saturated carbocycles. The van der Waals surface area contributed by atoms with Gasteiger partial charge in [0.1, 0.15) is 5.82 Å². The molecule has 1 aromatic carbocycles. The van der Waals surface area contributed by atoms with Gasteiger partial charge in [0, 0.05) is 13.6 Å². The fraction of sp³-hybridized carbons (Fsp3) is 0.500. The van der Waals surface area contributed by atoms with Gasteiger partial charge < -0.3 is 5.11 Å². The molecule has 8 nitrogen and oxygen atoms in total. The van der Waals surface area contributed by atoms with Crippen LogP contribution in [-0.4, -0.2) is 51.1 Å². The van der Waals surface area contributed by atoms with E-state index in [0.29, 0.717) is 6.07 Å². The smallest absolute Gasteiger partial charge is 0.307 e. The molecular weight excluding hydrogens is 375 g/mol. The number of hydrogen-bond donors (Lipinski definition) is 2. The highest BCUT2D eigenvalue weighted by atomic mass is 32.2. The van der Waals surface area contributed by atoms with Crippen molar-refractivity contribution >= 4 is 31.7 Å². The fourth-order valence-electron chi connectivity index (χ4n) is 1.75. The Kier molecular flexibility index (Phi) is 6.54. The molecule has 0 bridgehead atoms. The Labute approximate surface area is 146 Å². The summed E-state index contributed by atoms with van der Waals surface area (Å²) in [5.41, 5.74) is -0.366. The Morgan fingerprint density at radius 1 is 1.24 bits per heavy atom. The van der Waals surface area contributed by atoms with Crippen molar-refractivity contribution in [2.24, 2.45) is 5.92 Å². The lowest BCUT2D eigenvalue weighted by atomic mass is 10.2. The van der Waals surface area contributed by atoms with Gasteiger partial charge in [-0.1, -0.05) is 6.92 Å². The minimum atomic E-state index is -4.11. The SMILES string of the molecule is CC(CN(C)S(=O)(=O)c1ccc(NS(=O)(=O)C(C)C)c(F)c1)C(=O)O. The molecule has 1 rings (SSSR count). The van der Waals surface area contributed by atoms with Crippen LogP contribution in [0, 0.1) is 11.7 Å². The zero-order chi connectivity index (χ0) is 19.6. The highest BCUT2D eigenvalue weighted by Crippen LogP contribution is 2.23. The standard InChI is InChI=1S/C14H21FN2O6S2/c1-9(2)24(20,21)16-13-6-5-11(7-12(13)15)25(22,23)17(4)8-10(3)14(18)19/h5-7,9-10,16H,8H2,1-4H3,(H,18,19). The maximum Gasteiger partial charge on any atom is 0.307 e. The summed E-state index contributed by atoms with van der Waals surface area (Å²) in [4.78, 5) is 10.4. The number of hydrogen-bond acceptors (Lipinski definition) is 5. The van der Waals surface area contributed by atoms with Crippen LogP contribution in [0.3, 0.4) is 0 Å². The van der Waals surface area contributed by atoms with E-state index >= 15 is 0 Å². The number of nitrogens with one attached hydrogen (secondary N) is 1. The monoisotopic (exact) mass is 396 g/mol. The lowest BCUT2D eigenvalue weighted by Crippen LogP contribution is -2.33. The number of anilines is 1. The quantitative estimate of drug-likeness (QED) is 0.684. The second-order valence-electron chi connectivity index (χ2n) is 5.86. The summed E-state index contributed by atoms with van der Waals surface area (Å²) < 4.78 is 65.3. The van der Waals surface area contributed by atoms with Crippen molar-refractivity contribution in [3.63, 3.8) is 0 Å². The van der Waals surface area contributed by atoms with Crippen molar-refractivity contribution in [3.8, 4) is 0 Å². The molecule has 0 fully saturated rings. The summed E-state index contributed by atoms with van der Waals surface area (Å²) in [6.07, 6.45) is 0. The third kappa shape index (κ3) is 5.13. The Morgan fingerprint density at radius 2 is 1.80 bits per heavy atom. The molecule has 25 heavy (non-hydrogen) atoms.